The molecule has 0 spiro atoms. The summed E-state index contributed by atoms with van der Waals surface area (Å²) in [5.74, 6) is 1.06. The average Bonchev–Trinajstić information content (AvgIpc) is 2.23. The van der Waals surface area contributed by atoms with Crippen molar-refractivity contribution in [3.05, 3.63) is 23.3 Å². The maximum absolute atomic E-state index is 11.4. The quantitative estimate of drug-likeness (QED) is 0.824. The summed E-state index contributed by atoms with van der Waals surface area (Å²) in [4.78, 5) is 11.4. The number of anilines is 1. The first-order valence-electron chi connectivity index (χ1n) is 5.10. The predicted octanol–water partition coefficient (Wildman–Crippen LogP) is 2.88. The Labute approximate surface area is 101 Å². The SMILES string of the molecule is COc1c(C)ccc(NC(=O)CCCl)c1C. The van der Waals surface area contributed by atoms with Gasteiger partial charge in [-0.2, -0.15) is 0 Å². The Morgan fingerprint density at radius 1 is 1.44 bits per heavy atom. The zero-order valence-electron chi connectivity index (χ0n) is 9.76. The van der Waals surface area contributed by atoms with Crippen molar-refractivity contribution >= 4 is 23.2 Å². The number of carbonyl (C=O) groups excluding carboxylic acids is 1. The van der Waals surface area contributed by atoms with E-state index < -0.39 is 0 Å². The third-order valence-electron chi connectivity index (χ3n) is 2.40. The van der Waals surface area contributed by atoms with Gasteiger partial charge in [0.05, 0.1) is 7.11 Å². The number of methoxy groups -OCH3 is 1. The van der Waals surface area contributed by atoms with Crippen molar-refractivity contribution in [1.29, 1.82) is 0 Å². The molecule has 0 aliphatic heterocycles. The van der Waals surface area contributed by atoms with Crippen LogP contribution in [0.15, 0.2) is 12.1 Å². The summed E-state index contributed by atoms with van der Waals surface area (Å²) in [7, 11) is 1.62. The lowest BCUT2D eigenvalue weighted by Gasteiger charge is -2.13. The predicted molar refractivity (Wildman–Crippen MR) is 66.4 cm³/mol. The lowest BCUT2D eigenvalue weighted by atomic mass is 10.1. The highest BCUT2D eigenvalue weighted by atomic mass is 35.5. The molecule has 0 saturated heterocycles. The molecular formula is C12H16ClNO2. The fourth-order valence-electron chi connectivity index (χ4n) is 1.58. The number of carbonyl (C=O) groups is 1. The van der Waals surface area contributed by atoms with Crippen molar-refractivity contribution in [3.8, 4) is 5.75 Å². The number of aryl methyl sites for hydroxylation is 1. The molecule has 0 atom stereocenters. The molecule has 0 aromatic heterocycles. The normalized spacial score (nSPS) is 10.0. The van der Waals surface area contributed by atoms with Gasteiger partial charge in [0.25, 0.3) is 0 Å². The van der Waals surface area contributed by atoms with Crippen LogP contribution in [0.5, 0.6) is 5.75 Å². The van der Waals surface area contributed by atoms with Crippen LogP contribution < -0.4 is 10.1 Å². The van der Waals surface area contributed by atoms with Gasteiger partial charge in [0.2, 0.25) is 5.91 Å². The highest BCUT2D eigenvalue weighted by Crippen LogP contribution is 2.29. The fourth-order valence-corrected chi connectivity index (χ4v) is 1.75. The molecular weight excluding hydrogens is 226 g/mol. The number of nitrogens with one attached hydrogen (secondary N) is 1. The molecule has 3 nitrogen and oxygen atoms in total. The molecule has 0 fully saturated rings. The van der Waals surface area contributed by atoms with Gasteiger partial charge in [0.1, 0.15) is 5.75 Å². The van der Waals surface area contributed by atoms with E-state index in [4.69, 9.17) is 16.3 Å². The third kappa shape index (κ3) is 2.89. The standard InChI is InChI=1S/C12H16ClNO2/c1-8-4-5-10(9(2)12(8)16-3)14-11(15)6-7-13/h4-5H,6-7H2,1-3H3,(H,14,15). The number of benzene rings is 1. The van der Waals surface area contributed by atoms with Gasteiger partial charge in [-0.15, -0.1) is 11.6 Å². The Hall–Kier alpha value is -1.22. The van der Waals surface area contributed by atoms with E-state index in [0.717, 1.165) is 22.6 Å². The smallest absolute Gasteiger partial charge is 0.225 e. The Kier molecular flexibility index (Phi) is 4.62. The van der Waals surface area contributed by atoms with Gasteiger partial charge in [-0.25, -0.2) is 0 Å². The number of ether oxygens (including phenoxy) is 1. The van der Waals surface area contributed by atoms with E-state index in [0.29, 0.717) is 12.3 Å². The highest BCUT2D eigenvalue weighted by Gasteiger charge is 2.09. The number of hydrogen-bond donors (Lipinski definition) is 1. The van der Waals surface area contributed by atoms with E-state index in [1.807, 2.05) is 26.0 Å². The number of hydrogen-bond acceptors (Lipinski definition) is 2. The number of rotatable bonds is 4. The van der Waals surface area contributed by atoms with Crippen LogP contribution >= 0.6 is 11.6 Å². The maximum Gasteiger partial charge on any atom is 0.225 e. The molecule has 0 bridgehead atoms. The second kappa shape index (κ2) is 5.75. The van der Waals surface area contributed by atoms with Gasteiger partial charge in [0.15, 0.2) is 0 Å². The molecule has 4 heteroatoms. The van der Waals surface area contributed by atoms with Gasteiger partial charge in [0, 0.05) is 23.6 Å². The summed E-state index contributed by atoms with van der Waals surface area (Å²) in [6.07, 6.45) is 0.317. The molecule has 0 aliphatic rings. The molecule has 1 aromatic rings. The maximum atomic E-state index is 11.4. The first-order valence-corrected chi connectivity index (χ1v) is 5.63. The van der Waals surface area contributed by atoms with E-state index in [-0.39, 0.29) is 5.91 Å². The number of halogens is 1. The Bertz CT molecular complexity index is 391. The van der Waals surface area contributed by atoms with Crippen LogP contribution in [0.2, 0.25) is 0 Å². The summed E-state index contributed by atoms with van der Waals surface area (Å²) in [5, 5.41) is 2.81. The molecule has 1 amide bonds. The van der Waals surface area contributed by atoms with Crippen molar-refractivity contribution in [2.45, 2.75) is 20.3 Å². The van der Waals surface area contributed by atoms with Crippen LogP contribution in [0.25, 0.3) is 0 Å². The monoisotopic (exact) mass is 241 g/mol. The van der Waals surface area contributed by atoms with Crippen LogP contribution in [0.4, 0.5) is 5.69 Å². The van der Waals surface area contributed by atoms with Crippen LogP contribution in [0.1, 0.15) is 17.5 Å². The van der Waals surface area contributed by atoms with Gasteiger partial charge in [-0.3, -0.25) is 4.79 Å². The number of alkyl halides is 1. The van der Waals surface area contributed by atoms with Crippen molar-refractivity contribution in [2.75, 3.05) is 18.3 Å². The minimum absolute atomic E-state index is 0.0796. The second-order valence-corrected chi connectivity index (χ2v) is 3.95. The van der Waals surface area contributed by atoms with Crippen molar-refractivity contribution in [2.24, 2.45) is 0 Å². The summed E-state index contributed by atoms with van der Waals surface area (Å²) in [5.41, 5.74) is 2.76. The van der Waals surface area contributed by atoms with Crippen molar-refractivity contribution in [3.63, 3.8) is 0 Å². The molecule has 0 saturated carbocycles. The summed E-state index contributed by atoms with van der Waals surface area (Å²) in [6, 6.07) is 3.79. The van der Waals surface area contributed by atoms with Crippen LogP contribution in [0.3, 0.4) is 0 Å². The molecule has 0 radical (unpaired) electrons. The van der Waals surface area contributed by atoms with E-state index in [2.05, 4.69) is 5.32 Å². The van der Waals surface area contributed by atoms with Gasteiger partial charge in [-0.05, 0) is 25.5 Å². The molecule has 0 heterocycles. The number of amides is 1. The van der Waals surface area contributed by atoms with Crippen LogP contribution in [-0.4, -0.2) is 18.9 Å². The zero-order chi connectivity index (χ0) is 12.1. The second-order valence-electron chi connectivity index (χ2n) is 3.58. The van der Waals surface area contributed by atoms with Crippen LogP contribution in [0, 0.1) is 13.8 Å². The average molecular weight is 242 g/mol. The summed E-state index contributed by atoms with van der Waals surface area (Å²) < 4.78 is 5.28. The first kappa shape index (κ1) is 12.8. The lowest BCUT2D eigenvalue weighted by Crippen LogP contribution is -2.13. The van der Waals surface area contributed by atoms with Crippen LogP contribution in [-0.2, 0) is 4.79 Å². The molecule has 1 N–H and O–H groups in total. The molecule has 88 valence electrons. The van der Waals surface area contributed by atoms with E-state index in [1.165, 1.54) is 0 Å². The Balaban J connectivity index is 2.93. The minimum atomic E-state index is -0.0796. The van der Waals surface area contributed by atoms with Gasteiger partial charge < -0.3 is 10.1 Å². The molecule has 0 unspecified atom stereocenters. The summed E-state index contributed by atoms with van der Waals surface area (Å²) >= 11 is 5.50. The lowest BCUT2D eigenvalue weighted by molar-refractivity contribution is -0.115. The molecule has 1 aromatic carbocycles. The molecule has 1 rings (SSSR count). The Morgan fingerprint density at radius 3 is 2.69 bits per heavy atom. The van der Waals surface area contributed by atoms with E-state index >= 15 is 0 Å². The molecule has 0 aliphatic carbocycles. The highest BCUT2D eigenvalue weighted by molar-refractivity contribution is 6.19. The minimum Gasteiger partial charge on any atom is -0.496 e. The third-order valence-corrected chi connectivity index (χ3v) is 2.59. The summed E-state index contributed by atoms with van der Waals surface area (Å²) in [6.45, 7) is 3.89. The largest absolute Gasteiger partial charge is 0.496 e. The Morgan fingerprint density at radius 2 is 2.12 bits per heavy atom. The van der Waals surface area contributed by atoms with E-state index in [1.54, 1.807) is 7.11 Å². The van der Waals surface area contributed by atoms with Gasteiger partial charge in [-0.1, -0.05) is 6.07 Å². The fraction of sp³-hybridized carbons (Fsp3) is 0.417. The van der Waals surface area contributed by atoms with Crippen molar-refractivity contribution in [1.82, 2.24) is 0 Å². The van der Waals surface area contributed by atoms with E-state index in [9.17, 15) is 4.79 Å². The first-order chi connectivity index (χ1) is 7.60. The molecule has 16 heavy (non-hydrogen) atoms. The zero-order valence-corrected chi connectivity index (χ0v) is 10.5. The van der Waals surface area contributed by atoms with Gasteiger partial charge >= 0.3 is 0 Å². The van der Waals surface area contributed by atoms with Crippen molar-refractivity contribution < 1.29 is 9.53 Å². The topological polar surface area (TPSA) is 38.3 Å².